The van der Waals surface area contributed by atoms with Gasteiger partial charge in [0.2, 0.25) is 5.75 Å². The number of rotatable bonds is 9. The smallest absolute Gasteiger partial charge is 0.274 e. The minimum Gasteiger partial charge on any atom is -0.493 e. The molecular formula is C27H27N3O8. The average Bonchev–Trinajstić information content (AvgIpc) is 3.41. The molecule has 1 aliphatic rings. The summed E-state index contributed by atoms with van der Waals surface area (Å²) < 4.78 is 27.0. The van der Waals surface area contributed by atoms with E-state index in [2.05, 4.69) is 5.10 Å². The van der Waals surface area contributed by atoms with E-state index in [9.17, 15) is 14.9 Å². The summed E-state index contributed by atoms with van der Waals surface area (Å²) in [7, 11) is 7.46. The Morgan fingerprint density at radius 3 is 2.11 bits per heavy atom. The first kappa shape index (κ1) is 26.3. The maximum atomic E-state index is 13.9. The summed E-state index contributed by atoms with van der Waals surface area (Å²) in [6.45, 7) is 0. The van der Waals surface area contributed by atoms with Crippen LogP contribution in [0.15, 0.2) is 59.7 Å². The van der Waals surface area contributed by atoms with Crippen molar-refractivity contribution in [1.82, 2.24) is 5.01 Å². The summed E-state index contributed by atoms with van der Waals surface area (Å²) in [5.74, 6) is 1.58. The quantitative estimate of drug-likeness (QED) is 0.295. The van der Waals surface area contributed by atoms with Crippen molar-refractivity contribution < 1.29 is 33.4 Å². The van der Waals surface area contributed by atoms with Crippen molar-refractivity contribution in [3.63, 3.8) is 0 Å². The van der Waals surface area contributed by atoms with Crippen molar-refractivity contribution in [3.05, 3.63) is 81.4 Å². The molecule has 0 saturated heterocycles. The van der Waals surface area contributed by atoms with Crippen LogP contribution in [0.1, 0.15) is 33.9 Å². The van der Waals surface area contributed by atoms with Gasteiger partial charge in [-0.25, -0.2) is 5.01 Å². The monoisotopic (exact) mass is 521 g/mol. The number of nitro groups is 1. The molecular weight excluding hydrogens is 494 g/mol. The number of non-ortho nitro benzene ring substituents is 1. The van der Waals surface area contributed by atoms with Crippen LogP contribution in [0.25, 0.3) is 0 Å². The van der Waals surface area contributed by atoms with Crippen LogP contribution in [-0.4, -0.2) is 57.1 Å². The first-order valence-corrected chi connectivity index (χ1v) is 11.5. The molecule has 1 heterocycles. The number of amides is 1. The van der Waals surface area contributed by atoms with Crippen LogP contribution in [0, 0.1) is 10.1 Å². The van der Waals surface area contributed by atoms with Gasteiger partial charge in [-0.2, -0.15) is 5.10 Å². The molecule has 3 aromatic carbocycles. The molecule has 0 aliphatic carbocycles. The van der Waals surface area contributed by atoms with Gasteiger partial charge in [0.25, 0.3) is 11.6 Å². The molecule has 0 fully saturated rings. The minimum atomic E-state index is -0.607. The topological polar surface area (TPSA) is 122 Å². The van der Waals surface area contributed by atoms with Crippen LogP contribution in [-0.2, 0) is 0 Å². The Morgan fingerprint density at radius 1 is 0.868 bits per heavy atom. The fourth-order valence-corrected chi connectivity index (χ4v) is 4.33. The highest BCUT2D eigenvalue weighted by molar-refractivity contribution is 6.05. The lowest BCUT2D eigenvalue weighted by molar-refractivity contribution is -0.384. The van der Waals surface area contributed by atoms with Gasteiger partial charge in [0.15, 0.2) is 23.0 Å². The number of carbonyl (C=O) groups excluding carboxylic acids is 1. The molecule has 0 saturated carbocycles. The Kier molecular flexibility index (Phi) is 7.66. The lowest BCUT2D eigenvalue weighted by atomic mass is 9.97. The fourth-order valence-electron chi connectivity index (χ4n) is 4.33. The van der Waals surface area contributed by atoms with Crippen molar-refractivity contribution >= 4 is 17.3 Å². The van der Waals surface area contributed by atoms with Crippen molar-refractivity contribution in [1.29, 1.82) is 0 Å². The predicted octanol–water partition coefficient (Wildman–Crippen LogP) is 4.63. The standard InChI is InChI=1S/C27H27N3O8/c1-34-22-10-9-16(12-23(22)35-2)20-15-21(17-7-6-8-19(11-17)30(32)33)29(28-20)27(31)18-13-24(36-3)26(38-5)25(14-18)37-4/h6-14,21H,15H2,1-5H3. The summed E-state index contributed by atoms with van der Waals surface area (Å²) in [4.78, 5) is 24.9. The van der Waals surface area contributed by atoms with E-state index in [1.807, 2.05) is 6.07 Å². The van der Waals surface area contributed by atoms with E-state index in [0.717, 1.165) is 5.56 Å². The zero-order valence-corrected chi connectivity index (χ0v) is 21.6. The molecule has 1 atom stereocenters. The molecule has 11 nitrogen and oxygen atoms in total. The third-order valence-corrected chi connectivity index (χ3v) is 6.21. The molecule has 1 aliphatic heterocycles. The summed E-state index contributed by atoms with van der Waals surface area (Å²) in [6, 6.07) is 14.0. The van der Waals surface area contributed by atoms with Gasteiger partial charge < -0.3 is 23.7 Å². The molecule has 198 valence electrons. The highest BCUT2D eigenvalue weighted by Gasteiger charge is 2.35. The Bertz CT molecular complexity index is 1380. The largest absolute Gasteiger partial charge is 0.493 e. The number of benzene rings is 3. The molecule has 4 rings (SSSR count). The van der Waals surface area contributed by atoms with E-state index < -0.39 is 16.9 Å². The first-order valence-electron chi connectivity index (χ1n) is 11.5. The number of hydrazone groups is 1. The number of nitro benzene ring substituents is 1. The summed E-state index contributed by atoms with van der Waals surface area (Å²) in [6.07, 6.45) is 0.312. The van der Waals surface area contributed by atoms with E-state index >= 15 is 0 Å². The van der Waals surface area contributed by atoms with Crippen LogP contribution in [0.2, 0.25) is 0 Å². The zero-order valence-electron chi connectivity index (χ0n) is 21.6. The molecule has 3 aromatic rings. The van der Waals surface area contributed by atoms with Crippen LogP contribution < -0.4 is 23.7 Å². The van der Waals surface area contributed by atoms with Crippen LogP contribution in [0.3, 0.4) is 0 Å². The lowest BCUT2D eigenvalue weighted by Crippen LogP contribution is -2.27. The third-order valence-electron chi connectivity index (χ3n) is 6.21. The van der Waals surface area contributed by atoms with E-state index in [0.29, 0.717) is 46.4 Å². The maximum absolute atomic E-state index is 13.9. The number of methoxy groups -OCH3 is 5. The van der Waals surface area contributed by atoms with E-state index in [-0.39, 0.29) is 11.3 Å². The van der Waals surface area contributed by atoms with Gasteiger partial charge in [-0.05, 0) is 35.9 Å². The summed E-state index contributed by atoms with van der Waals surface area (Å²) in [5, 5.41) is 17.5. The summed E-state index contributed by atoms with van der Waals surface area (Å²) in [5.41, 5.74) is 2.05. The number of hydrogen-bond acceptors (Lipinski definition) is 9. The highest BCUT2D eigenvalue weighted by atomic mass is 16.6. The predicted molar refractivity (Wildman–Crippen MR) is 139 cm³/mol. The molecule has 0 radical (unpaired) electrons. The van der Waals surface area contributed by atoms with E-state index in [1.165, 1.54) is 57.7 Å². The minimum absolute atomic E-state index is 0.0812. The molecule has 38 heavy (non-hydrogen) atoms. The van der Waals surface area contributed by atoms with E-state index in [4.69, 9.17) is 23.7 Å². The normalized spacial score (nSPS) is 14.5. The van der Waals surface area contributed by atoms with Gasteiger partial charge in [0, 0.05) is 29.7 Å². The maximum Gasteiger partial charge on any atom is 0.274 e. The van der Waals surface area contributed by atoms with Gasteiger partial charge in [-0.1, -0.05) is 12.1 Å². The number of ether oxygens (including phenoxy) is 5. The Hall–Kier alpha value is -4.80. The SMILES string of the molecule is COc1ccc(C2=NN(C(=O)c3cc(OC)c(OC)c(OC)c3)C(c3cccc([N+](=O)[O-])c3)C2)cc1OC. The third kappa shape index (κ3) is 4.90. The van der Waals surface area contributed by atoms with Crippen molar-refractivity contribution in [3.8, 4) is 28.7 Å². The van der Waals surface area contributed by atoms with Crippen LogP contribution in [0.5, 0.6) is 28.7 Å². The fraction of sp³-hybridized carbons (Fsp3) is 0.259. The van der Waals surface area contributed by atoms with Gasteiger partial charge in [-0.3, -0.25) is 14.9 Å². The highest BCUT2D eigenvalue weighted by Crippen LogP contribution is 2.41. The second-order valence-electron chi connectivity index (χ2n) is 8.25. The Balaban J connectivity index is 1.82. The Morgan fingerprint density at radius 2 is 1.53 bits per heavy atom. The molecule has 0 spiro atoms. The Labute approximate surface area is 219 Å². The van der Waals surface area contributed by atoms with Gasteiger partial charge in [0.05, 0.1) is 52.2 Å². The number of hydrogen-bond donors (Lipinski definition) is 0. The van der Waals surface area contributed by atoms with Crippen LogP contribution in [0.4, 0.5) is 5.69 Å². The second-order valence-corrected chi connectivity index (χ2v) is 8.25. The zero-order chi connectivity index (χ0) is 27.4. The van der Waals surface area contributed by atoms with Crippen molar-refractivity contribution in [2.45, 2.75) is 12.5 Å². The lowest BCUT2D eigenvalue weighted by Gasteiger charge is -2.23. The van der Waals surface area contributed by atoms with Crippen molar-refractivity contribution in [2.75, 3.05) is 35.5 Å². The van der Waals surface area contributed by atoms with Gasteiger partial charge in [0.1, 0.15) is 0 Å². The first-order chi connectivity index (χ1) is 18.3. The number of nitrogens with zero attached hydrogens (tertiary/aromatic N) is 3. The second kappa shape index (κ2) is 11.1. The molecule has 1 amide bonds. The van der Waals surface area contributed by atoms with E-state index in [1.54, 1.807) is 31.4 Å². The number of carbonyl (C=O) groups is 1. The molecule has 0 bridgehead atoms. The molecule has 1 unspecified atom stereocenters. The van der Waals surface area contributed by atoms with Gasteiger partial charge >= 0.3 is 0 Å². The summed E-state index contributed by atoms with van der Waals surface area (Å²) >= 11 is 0. The molecule has 11 heteroatoms. The van der Waals surface area contributed by atoms with Crippen molar-refractivity contribution in [2.24, 2.45) is 5.10 Å². The van der Waals surface area contributed by atoms with Crippen LogP contribution >= 0.6 is 0 Å². The molecule has 0 N–H and O–H groups in total. The molecule has 0 aromatic heterocycles. The average molecular weight is 522 g/mol. The van der Waals surface area contributed by atoms with Gasteiger partial charge in [-0.15, -0.1) is 0 Å².